The second-order valence-electron chi connectivity index (χ2n) is 6.19. The average molecular weight is 371 g/mol. The van der Waals surface area contributed by atoms with Gasteiger partial charge in [-0.25, -0.2) is 0 Å². The molecule has 0 radical (unpaired) electrons. The number of nitrogens with one attached hydrogen (secondary N) is 1. The van der Waals surface area contributed by atoms with Crippen LogP contribution in [0, 0.1) is 11.3 Å². The zero-order valence-corrected chi connectivity index (χ0v) is 15.2. The van der Waals surface area contributed by atoms with Crippen LogP contribution in [0.15, 0.2) is 66.9 Å². The van der Waals surface area contributed by atoms with Crippen molar-refractivity contribution < 1.29 is 14.3 Å². The molecule has 0 bridgehead atoms. The smallest absolute Gasteiger partial charge is 0.262 e. The molecule has 6 nitrogen and oxygen atoms in total. The van der Waals surface area contributed by atoms with Crippen molar-refractivity contribution in [1.29, 1.82) is 5.26 Å². The van der Waals surface area contributed by atoms with Crippen LogP contribution < -0.4 is 14.8 Å². The highest BCUT2D eigenvalue weighted by molar-refractivity contribution is 5.96. The topological polar surface area (TPSA) is 75.8 Å². The molecule has 4 rings (SSSR count). The van der Waals surface area contributed by atoms with Crippen LogP contribution in [0.1, 0.15) is 5.56 Å². The van der Waals surface area contributed by atoms with E-state index in [0.717, 1.165) is 22.2 Å². The molecule has 0 saturated carbocycles. The minimum atomic E-state index is -0.261. The van der Waals surface area contributed by atoms with E-state index in [1.54, 1.807) is 37.4 Å². The van der Waals surface area contributed by atoms with E-state index >= 15 is 0 Å². The lowest BCUT2D eigenvalue weighted by Gasteiger charge is -2.08. The van der Waals surface area contributed by atoms with Gasteiger partial charge in [0.2, 0.25) is 0 Å². The van der Waals surface area contributed by atoms with Crippen molar-refractivity contribution in [2.75, 3.05) is 19.0 Å². The van der Waals surface area contributed by atoms with E-state index in [4.69, 9.17) is 9.47 Å². The molecule has 0 aliphatic carbocycles. The Morgan fingerprint density at radius 2 is 1.86 bits per heavy atom. The van der Waals surface area contributed by atoms with Crippen LogP contribution in [-0.2, 0) is 4.79 Å². The number of nitriles is 1. The molecule has 2 heterocycles. The minimum Gasteiger partial charge on any atom is -0.497 e. The molecule has 0 atom stereocenters. The summed E-state index contributed by atoms with van der Waals surface area (Å²) in [7, 11) is 1.59. The van der Waals surface area contributed by atoms with E-state index in [0.29, 0.717) is 17.0 Å². The van der Waals surface area contributed by atoms with E-state index in [1.165, 1.54) is 0 Å². The van der Waals surface area contributed by atoms with Crippen LogP contribution in [0.2, 0.25) is 0 Å². The fourth-order valence-corrected chi connectivity index (χ4v) is 3.14. The lowest BCUT2D eigenvalue weighted by molar-refractivity contribution is -0.118. The van der Waals surface area contributed by atoms with Gasteiger partial charge in [0.05, 0.1) is 23.7 Å². The second-order valence-corrected chi connectivity index (χ2v) is 6.19. The summed E-state index contributed by atoms with van der Waals surface area (Å²) < 4.78 is 12.7. The molecule has 0 spiro atoms. The van der Waals surface area contributed by atoms with Crippen LogP contribution in [-0.4, -0.2) is 24.0 Å². The number of rotatable bonds is 5. The van der Waals surface area contributed by atoms with Crippen LogP contribution >= 0.6 is 0 Å². The number of benzene rings is 2. The molecule has 2 aromatic carbocycles. The van der Waals surface area contributed by atoms with Crippen LogP contribution in [0.5, 0.6) is 11.5 Å². The molecule has 28 heavy (non-hydrogen) atoms. The first-order chi connectivity index (χ1) is 13.7. The fraction of sp³-hybridized carbons (Fsp3) is 0.0909. The first-order valence-electron chi connectivity index (χ1n) is 8.69. The Kier molecular flexibility index (Phi) is 4.56. The third-order valence-corrected chi connectivity index (χ3v) is 4.47. The number of fused-ring (bicyclic) bond motifs is 3. The van der Waals surface area contributed by atoms with Crippen LogP contribution in [0.3, 0.4) is 0 Å². The Morgan fingerprint density at radius 1 is 1.07 bits per heavy atom. The van der Waals surface area contributed by atoms with Gasteiger partial charge in [0.25, 0.3) is 5.91 Å². The Morgan fingerprint density at radius 3 is 2.61 bits per heavy atom. The van der Waals surface area contributed by atoms with E-state index in [2.05, 4.69) is 11.4 Å². The van der Waals surface area contributed by atoms with E-state index in [9.17, 15) is 10.1 Å². The molecule has 6 heteroatoms. The SMILES string of the molecule is COc1ccc(NC(=O)COc2ccc3c(C#N)c4ccccn4c3c2)cc1. The Bertz CT molecular complexity index is 1200. The molecule has 138 valence electrons. The number of pyridine rings is 1. The van der Waals surface area contributed by atoms with Crippen molar-refractivity contribution in [1.82, 2.24) is 4.40 Å². The van der Waals surface area contributed by atoms with Crippen LogP contribution in [0.4, 0.5) is 5.69 Å². The molecule has 1 N–H and O–H groups in total. The predicted molar refractivity (Wildman–Crippen MR) is 107 cm³/mol. The van der Waals surface area contributed by atoms with Crippen molar-refractivity contribution in [2.45, 2.75) is 0 Å². The maximum absolute atomic E-state index is 12.2. The minimum absolute atomic E-state index is 0.119. The summed E-state index contributed by atoms with van der Waals surface area (Å²) in [6.07, 6.45) is 1.90. The number of carbonyl (C=O) groups excluding carboxylic acids is 1. The van der Waals surface area contributed by atoms with Crippen molar-refractivity contribution in [2.24, 2.45) is 0 Å². The maximum Gasteiger partial charge on any atom is 0.262 e. The number of anilines is 1. The zero-order chi connectivity index (χ0) is 19.5. The number of methoxy groups -OCH3 is 1. The predicted octanol–water partition coefficient (Wildman–Crippen LogP) is 3.99. The normalized spacial score (nSPS) is 10.6. The second kappa shape index (κ2) is 7.33. The quantitative estimate of drug-likeness (QED) is 0.575. The van der Waals surface area contributed by atoms with Crippen molar-refractivity contribution >= 4 is 28.0 Å². The summed E-state index contributed by atoms with van der Waals surface area (Å²) >= 11 is 0. The highest BCUT2D eigenvalue weighted by Gasteiger charge is 2.12. The average Bonchev–Trinajstić information content (AvgIpc) is 3.06. The van der Waals surface area contributed by atoms with Gasteiger partial charge in [0, 0.05) is 23.3 Å². The Hall–Kier alpha value is -3.98. The lowest BCUT2D eigenvalue weighted by atomic mass is 10.1. The number of hydrogen-bond acceptors (Lipinski definition) is 4. The van der Waals surface area contributed by atoms with Crippen molar-refractivity contribution in [3.8, 4) is 17.6 Å². The third kappa shape index (κ3) is 3.21. The molecular formula is C22H17N3O3. The largest absolute Gasteiger partial charge is 0.497 e. The molecule has 0 aliphatic heterocycles. The number of amides is 1. The molecule has 0 aliphatic rings. The molecule has 0 saturated heterocycles. The van der Waals surface area contributed by atoms with E-state index < -0.39 is 0 Å². The lowest BCUT2D eigenvalue weighted by Crippen LogP contribution is -2.20. The van der Waals surface area contributed by atoms with Gasteiger partial charge in [-0.05, 0) is 48.5 Å². The number of carbonyl (C=O) groups is 1. The summed E-state index contributed by atoms with van der Waals surface area (Å²) in [4.78, 5) is 12.2. The number of hydrogen-bond donors (Lipinski definition) is 1. The summed E-state index contributed by atoms with van der Waals surface area (Å²) in [5.41, 5.74) is 3.00. The molecule has 0 fully saturated rings. The van der Waals surface area contributed by atoms with Gasteiger partial charge >= 0.3 is 0 Å². The van der Waals surface area contributed by atoms with Gasteiger partial charge in [-0.15, -0.1) is 0 Å². The summed E-state index contributed by atoms with van der Waals surface area (Å²) in [6, 6.07) is 20.5. The number of ether oxygens (including phenoxy) is 2. The Labute approximate surface area is 161 Å². The highest BCUT2D eigenvalue weighted by Crippen LogP contribution is 2.29. The Balaban J connectivity index is 1.51. The molecule has 2 aromatic heterocycles. The number of aromatic nitrogens is 1. The monoisotopic (exact) mass is 371 g/mol. The van der Waals surface area contributed by atoms with Gasteiger partial charge in [0.1, 0.15) is 17.6 Å². The summed E-state index contributed by atoms with van der Waals surface area (Å²) in [5, 5.41) is 13.1. The first-order valence-corrected chi connectivity index (χ1v) is 8.69. The van der Waals surface area contributed by atoms with Gasteiger partial charge in [-0.1, -0.05) is 6.07 Å². The van der Waals surface area contributed by atoms with E-state index in [1.807, 2.05) is 40.9 Å². The number of nitrogens with zero attached hydrogens (tertiary/aromatic N) is 2. The van der Waals surface area contributed by atoms with Crippen molar-refractivity contribution in [3.05, 3.63) is 72.4 Å². The van der Waals surface area contributed by atoms with Crippen molar-refractivity contribution in [3.63, 3.8) is 0 Å². The van der Waals surface area contributed by atoms with Crippen LogP contribution in [0.25, 0.3) is 16.4 Å². The highest BCUT2D eigenvalue weighted by atomic mass is 16.5. The third-order valence-electron chi connectivity index (χ3n) is 4.47. The van der Waals surface area contributed by atoms with Gasteiger partial charge in [-0.2, -0.15) is 5.26 Å². The molecule has 0 unspecified atom stereocenters. The molecule has 4 aromatic rings. The molecular weight excluding hydrogens is 354 g/mol. The zero-order valence-electron chi connectivity index (χ0n) is 15.2. The summed E-state index contributed by atoms with van der Waals surface area (Å²) in [5.74, 6) is 1.02. The molecule has 1 amide bonds. The van der Waals surface area contributed by atoms with Gasteiger partial charge < -0.3 is 19.2 Å². The van der Waals surface area contributed by atoms with E-state index in [-0.39, 0.29) is 12.5 Å². The van der Waals surface area contributed by atoms with Gasteiger partial charge in [0.15, 0.2) is 6.61 Å². The maximum atomic E-state index is 12.2. The summed E-state index contributed by atoms with van der Waals surface area (Å²) in [6.45, 7) is -0.119. The fourth-order valence-electron chi connectivity index (χ4n) is 3.14. The first kappa shape index (κ1) is 17.4. The standard InChI is InChI=1S/C22H17N3O3/c1-27-16-7-5-15(6-8-16)24-22(26)14-28-17-9-10-18-19(13-23)20-4-2-3-11-25(20)21(18)12-17/h2-12H,14H2,1H3,(H,24,26). The van der Waals surface area contributed by atoms with Gasteiger partial charge in [-0.3, -0.25) is 4.79 Å².